The summed E-state index contributed by atoms with van der Waals surface area (Å²) in [4.78, 5) is 23.3. The van der Waals surface area contributed by atoms with Crippen LogP contribution in [-0.4, -0.2) is 35.0 Å². The van der Waals surface area contributed by atoms with Crippen molar-refractivity contribution in [3.8, 4) is 5.75 Å². The van der Waals surface area contributed by atoms with Crippen molar-refractivity contribution in [1.29, 1.82) is 0 Å². The van der Waals surface area contributed by atoms with Crippen LogP contribution in [0.4, 0.5) is 0 Å². The van der Waals surface area contributed by atoms with Crippen LogP contribution in [0.25, 0.3) is 0 Å². The number of rotatable bonds is 6. The van der Waals surface area contributed by atoms with Crippen molar-refractivity contribution in [2.45, 2.75) is 20.4 Å². The largest absolute Gasteiger partial charge is 0.494 e. The lowest BCUT2D eigenvalue weighted by Gasteiger charge is -2.20. The number of para-hydroxylation sites is 1. The van der Waals surface area contributed by atoms with Gasteiger partial charge in [0.15, 0.2) is 0 Å². The van der Waals surface area contributed by atoms with Gasteiger partial charge in [-0.25, -0.2) is 0 Å². The van der Waals surface area contributed by atoms with Gasteiger partial charge in [0.25, 0.3) is 0 Å². The van der Waals surface area contributed by atoms with Gasteiger partial charge in [-0.05, 0) is 13.0 Å². The molecule has 0 radical (unpaired) electrons. The molecule has 0 fully saturated rings. The van der Waals surface area contributed by atoms with E-state index >= 15 is 0 Å². The molecule has 0 bridgehead atoms. The van der Waals surface area contributed by atoms with Gasteiger partial charge in [-0.3, -0.25) is 9.59 Å². The number of carboxylic acid groups (broad SMARTS) is 1. The lowest BCUT2D eigenvalue weighted by atomic mass is 10.2. The van der Waals surface area contributed by atoms with Gasteiger partial charge < -0.3 is 14.7 Å². The molecule has 0 aliphatic carbocycles. The monoisotopic (exact) mass is 251 g/mol. The molecular weight excluding hydrogens is 234 g/mol. The smallest absolute Gasteiger partial charge is 0.323 e. The molecule has 0 spiro atoms. The maximum Gasteiger partial charge on any atom is 0.323 e. The molecule has 5 nitrogen and oxygen atoms in total. The normalized spacial score (nSPS) is 9.89. The van der Waals surface area contributed by atoms with Gasteiger partial charge >= 0.3 is 5.97 Å². The number of carbonyl (C=O) groups excluding carboxylic acids is 1. The first-order valence-electron chi connectivity index (χ1n) is 5.72. The summed E-state index contributed by atoms with van der Waals surface area (Å²) in [7, 11) is 0. The molecule has 1 amide bonds. The molecule has 0 unspecified atom stereocenters. The Kier molecular flexibility index (Phi) is 5.17. The minimum Gasteiger partial charge on any atom is -0.494 e. The molecule has 0 aliphatic rings. The Morgan fingerprint density at radius 1 is 1.33 bits per heavy atom. The first-order valence-corrected chi connectivity index (χ1v) is 5.72. The Morgan fingerprint density at radius 3 is 2.56 bits per heavy atom. The number of benzene rings is 1. The lowest BCUT2D eigenvalue weighted by molar-refractivity contribution is -0.144. The molecule has 0 heterocycles. The maximum atomic E-state index is 11.4. The summed E-state index contributed by atoms with van der Waals surface area (Å²) in [6, 6.07) is 7.29. The van der Waals surface area contributed by atoms with Gasteiger partial charge in [0.1, 0.15) is 12.3 Å². The minimum atomic E-state index is -1.03. The Bertz CT molecular complexity index is 431. The molecular formula is C13H17NO4. The van der Waals surface area contributed by atoms with E-state index < -0.39 is 5.97 Å². The summed E-state index contributed by atoms with van der Waals surface area (Å²) < 4.78 is 5.44. The van der Waals surface area contributed by atoms with Crippen LogP contribution in [0, 0.1) is 0 Å². The van der Waals surface area contributed by atoms with Gasteiger partial charge in [-0.2, -0.15) is 0 Å². The fourth-order valence-corrected chi connectivity index (χ4v) is 1.58. The number of carboxylic acids is 1. The second-order valence-electron chi connectivity index (χ2n) is 3.81. The zero-order valence-electron chi connectivity index (χ0n) is 10.5. The zero-order chi connectivity index (χ0) is 13.5. The molecule has 18 heavy (non-hydrogen) atoms. The van der Waals surface area contributed by atoms with E-state index in [1.54, 1.807) is 6.07 Å². The van der Waals surface area contributed by atoms with Crippen molar-refractivity contribution in [2.75, 3.05) is 13.2 Å². The highest BCUT2D eigenvalue weighted by Gasteiger charge is 2.15. The average Bonchev–Trinajstić information content (AvgIpc) is 2.30. The molecule has 0 saturated heterocycles. The third kappa shape index (κ3) is 4.08. The number of amides is 1. The Hall–Kier alpha value is -2.04. The van der Waals surface area contributed by atoms with E-state index in [2.05, 4.69) is 0 Å². The van der Waals surface area contributed by atoms with E-state index in [4.69, 9.17) is 9.84 Å². The molecule has 1 aromatic rings. The van der Waals surface area contributed by atoms with Crippen molar-refractivity contribution in [3.63, 3.8) is 0 Å². The van der Waals surface area contributed by atoms with Crippen LogP contribution in [0.5, 0.6) is 5.75 Å². The molecule has 0 saturated carbocycles. The summed E-state index contributed by atoms with van der Waals surface area (Å²) in [6.45, 7) is 3.67. The van der Waals surface area contributed by atoms with Crippen molar-refractivity contribution < 1.29 is 19.4 Å². The van der Waals surface area contributed by atoms with Gasteiger partial charge in [0, 0.05) is 19.0 Å². The van der Waals surface area contributed by atoms with Crippen LogP contribution in [0.1, 0.15) is 19.4 Å². The predicted molar refractivity (Wildman–Crippen MR) is 66.3 cm³/mol. The van der Waals surface area contributed by atoms with Crippen LogP contribution < -0.4 is 4.74 Å². The third-order valence-corrected chi connectivity index (χ3v) is 2.41. The van der Waals surface area contributed by atoms with Crippen LogP contribution in [0.2, 0.25) is 0 Å². The second-order valence-corrected chi connectivity index (χ2v) is 3.81. The fraction of sp³-hybridized carbons (Fsp3) is 0.385. The number of hydrogen-bond acceptors (Lipinski definition) is 3. The van der Waals surface area contributed by atoms with E-state index in [1.807, 2.05) is 25.1 Å². The Morgan fingerprint density at radius 2 is 2.00 bits per heavy atom. The van der Waals surface area contributed by atoms with Crippen LogP contribution in [0.3, 0.4) is 0 Å². The number of nitrogens with zero attached hydrogens (tertiary/aromatic N) is 1. The fourth-order valence-electron chi connectivity index (χ4n) is 1.58. The topological polar surface area (TPSA) is 66.8 Å². The molecule has 0 aromatic heterocycles. The summed E-state index contributed by atoms with van der Waals surface area (Å²) in [5, 5.41) is 8.76. The first kappa shape index (κ1) is 14.0. The summed E-state index contributed by atoms with van der Waals surface area (Å²) in [5.41, 5.74) is 0.802. The van der Waals surface area contributed by atoms with E-state index in [9.17, 15) is 9.59 Å². The SMILES string of the molecule is CCOc1ccccc1CN(CC(=O)O)C(C)=O. The van der Waals surface area contributed by atoms with Gasteiger partial charge in [0.2, 0.25) is 5.91 Å². The van der Waals surface area contributed by atoms with Crippen LogP contribution in [0.15, 0.2) is 24.3 Å². The highest BCUT2D eigenvalue weighted by atomic mass is 16.5. The first-order chi connectivity index (χ1) is 8.54. The zero-order valence-corrected chi connectivity index (χ0v) is 10.5. The number of hydrogen-bond donors (Lipinski definition) is 1. The predicted octanol–water partition coefficient (Wildman–Crippen LogP) is 1.52. The number of ether oxygens (including phenoxy) is 1. The quantitative estimate of drug-likeness (QED) is 0.832. The van der Waals surface area contributed by atoms with Crippen molar-refractivity contribution in [3.05, 3.63) is 29.8 Å². The molecule has 98 valence electrons. The lowest BCUT2D eigenvalue weighted by Crippen LogP contribution is -2.33. The Labute approximate surface area is 106 Å². The standard InChI is InChI=1S/C13H17NO4/c1-3-18-12-7-5-4-6-11(12)8-14(10(2)15)9-13(16)17/h4-7H,3,8-9H2,1-2H3,(H,16,17). The third-order valence-electron chi connectivity index (χ3n) is 2.41. The van der Waals surface area contributed by atoms with Crippen molar-refractivity contribution in [1.82, 2.24) is 4.90 Å². The van der Waals surface area contributed by atoms with E-state index in [1.165, 1.54) is 11.8 Å². The minimum absolute atomic E-state index is 0.234. The summed E-state index contributed by atoms with van der Waals surface area (Å²) >= 11 is 0. The van der Waals surface area contributed by atoms with Crippen LogP contribution >= 0.6 is 0 Å². The van der Waals surface area contributed by atoms with E-state index in [0.717, 1.165) is 5.56 Å². The summed E-state index contributed by atoms with van der Waals surface area (Å²) in [5.74, 6) is -0.626. The molecule has 1 N–H and O–H groups in total. The van der Waals surface area contributed by atoms with Gasteiger partial charge in [-0.1, -0.05) is 18.2 Å². The Balaban J connectivity index is 2.86. The summed E-state index contributed by atoms with van der Waals surface area (Å²) in [6.07, 6.45) is 0. The molecule has 1 rings (SSSR count). The van der Waals surface area contributed by atoms with Crippen LogP contribution in [-0.2, 0) is 16.1 Å². The average molecular weight is 251 g/mol. The second kappa shape index (κ2) is 6.64. The van der Waals surface area contributed by atoms with Crippen molar-refractivity contribution >= 4 is 11.9 Å². The van der Waals surface area contributed by atoms with Crippen molar-refractivity contribution in [2.24, 2.45) is 0 Å². The molecule has 5 heteroatoms. The molecule has 1 aromatic carbocycles. The van der Waals surface area contributed by atoms with E-state index in [-0.39, 0.29) is 19.0 Å². The number of aliphatic carboxylic acids is 1. The highest BCUT2D eigenvalue weighted by Crippen LogP contribution is 2.19. The number of carbonyl (C=O) groups is 2. The van der Waals surface area contributed by atoms with Gasteiger partial charge in [0.05, 0.1) is 6.61 Å². The molecule has 0 atom stereocenters. The maximum absolute atomic E-state index is 11.4. The van der Waals surface area contributed by atoms with E-state index in [0.29, 0.717) is 12.4 Å². The molecule has 0 aliphatic heterocycles. The highest BCUT2D eigenvalue weighted by molar-refractivity contribution is 5.79. The van der Waals surface area contributed by atoms with Gasteiger partial charge in [-0.15, -0.1) is 0 Å².